The molecule has 1 aliphatic rings. The third-order valence-electron chi connectivity index (χ3n) is 4.89. The summed E-state index contributed by atoms with van der Waals surface area (Å²) in [5, 5.41) is 27.7. The number of nitrogens with one attached hydrogen (secondary N) is 1. The van der Waals surface area contributed by atoms with Gasteiger partial charge in [-0.2, -0.15) is 5.10 Å². The molecule has 0 unspecified atom stereocenters. The van der Waals surface area contributed by atoms with Crippen LogP contribution in [0.5, 0.6) is 11.5 Å². The van der Waals surface area contributed by atoms with Crippen LogP contribution in [0.2, 0.25) is 0 Å². The Bertz CT molecular complexity index is 1030. The minimum absolute atomic E-state index is 0.0116. The first kappa shape index (κ1) is 15.9. The van der Waals surface area contributed by atoms with Crippen molar-refractivity contribution >= 4 is 12.2 Å². The van der Waals surface area contributed by atoms with Gasteiger partial charge in [-0.25, -0.2) is 0 Å². The molecule has 1 saturated carbocycles. The minimum atomic E-state index is -0.0116. The second-order valence-electron chi connectivity index (χ2n) is 6.61. The van der Waals surface area contributed by atoms with Crippen LogP contribution >= 0.6 is 12.2 Å². The third-order valence-corrected chi connectivity index (χ3v) is 5.17. The van der Waals surface area contributed by atoms with Gasteiger partial charge in [0.05, 0.1) is 11.3 Å². The lowest BCUT2D eigenvalue weighted by molar-refractivity contribution is 0.447. The number of H-pyrrole nitrogens is 1. The number of aromatic hydroxyl groups is 2. The first-order valence-electron chi connectivity index (χ1n) is 8.27. The third kappa shape index (κ3) is 2.62. The van der Waals surface area contributed by atoms with Crippen LogP contribution in [-0.2, 0) is 0 Å². The quantitative estimate of drug-likeness (QED) is 0.606. The van der Waals surface area contributed by atoms with Crippen molar-refractivity contribution in [3.8, 4) is 28.6 Å². The number of rotatable bonds is 3. The number of benzene rings is 2. The molecule has 3 N–H and O–H groups in total. The van der Waals surface area contributed by atoms with Crippen LogP contribution in [0.1, 0.15) is 35.4 Å². The lowest BCUT2D eigenvalue weighted by atomic mass is 10.0. The molecule has 0 atom stereocenters. The van der Waals surface area contributed by atoms with E-state index in [1.165, 1.54) is 6.07 Å². The molecule has 0 amide bonds. The van der Waals surface area contributed by atoms with E-state index in [0.717, 1.165) is 35.2 Å². The van der Waals surface area contributed by atoms with Gasteiger partial charge in [-0.3, -0.25) is 9.67 Å². The van der Waals surface area contributed by atoms with Crippen molar-refractivity contribution in [2.45, 2.75) is 32.6 Å². The maximum atomic E-state index is 10.4. The van der Waals surface area contributed by atoms with Crippen molar-refractivity contribution in [1.29, 1.82) is 0 Å². The number of aryl methyl sites for hydroxylation is 1. The molecule has 1 aliphatic carbocycles. The van der Waals surface area contributed by atoms with Crippen LogP contribution in [0.15, 0.2) is 30.3 Å². The van der Waals surface area contributed by atoms with Crippen LogP contribution < -0.4 is 0 Å². The standard InChI is InChI=1S/C19H19N3O2S/c1-10-4-3-5-15(11(10)2)22-18(20-21-19(22)25)14-8-13(12-6-7-12)16(23)9-17(14)24/h3-5,8-9,12,23-24H,6-7H2,1-2H3,(H,21,25). The zero-order valence-electron chi connectivity index (χ0n) is 14.1. The van der Waals surface area contributed by atoms with Crippen LogP contribution in [-0.4, -0.2) is 25.0 Å². The van der Waals surface area contributed by atoms with Gasteiger partial charge in [-0.1, -0.05) is 12.1 Å². The molecule has 2 aromatic carbocycles. The Morgan fingerprint density at radius 1 is 1.16 bits per heavy atom. The predicted molar refractivity (Wildman–Crippen MR) is 99.0 cm³/mol. The molecule has 0 saturated heterocycles. The monoisotopic (exact) mass is 353 g/mol. The van der Waals surface area contributed by atoms with Gasteiger partial charge in [0.15, 0.2) is 10.6 Å². The van der Waals surface area contributed by atoms with Gasteiger partial charge in [-0.05, 0) is 73.6 Å². The van der Waals surface area contributed by atoms with Crippen LogP contribution in [0, 0.1) is 18.6 Å². The van der Waals surface area contributed by atoms with Gasteiger partial charge in [-0.15, -0.1) is 0 Å². The van der Waals surface area contributed by atoms with Crippen molar-refractivity contribution in [1.82, 2.24) is 14.8 Å². The van der Waals surface area contributed by atoms with Gasteiger partial charge in [0, 0.05) is 6.07 Å². The van der Waals surface area contributed by atoms with E-state index in [0.29, 0.717) is 22.1 Å². The summed E-state index contributed by atoms with van der Waals surface area (Å²) in [5.41, 5.74) is 4.60. The second kappa shape index (κ2) is 5.74. The fourth-order valence-electron chi connectivity index (χ4n) is 3.17. The van der Waals surface area contributed by atoms with E-state index in [1.807, 2.05) is 42.7 Å². The summed E-state index contributed by atoms with van der Waals surface area (Å²) in [6.07, 6.45) is 2.11. The summed E-state index contributed by atoms with van der Waals surface area (Å²) < 4.78 is 2.30. The highest BCUT2D eigenvalue weighted by Crippen LogP contribution is 2.47. The highest BCUT2D eigenvalue weighted by molar-refractivity contribution is 7.71. The molecular formula is C19H19N3O2S. The van der Waals surface area contributed by atoms with Crippen molar-refractivity contribution in [2.24, 2.45) is 0 Å². The maximum Gasteiger partial charge on any atom is 0.200 e. The first-order chi connectivity index (χ1) is 12.0. The number of phenols is 2. The summed E-state index contributed by atoms with van der Waals surface area (Å²) in [7, 11) is 0. The molecule has 6 heteroatoms. The molecule has 128 valence electrons. The summed E-state index contributed by atoms with van der Waals surface area (Å²) in [5.74, 6) is 1.02. The Morgan fingerprint density at radius 2 is 1.92 bits per heavy atom. The molecule has 4 rings (SSSR count). The summed E-state index contributed by atoms with van der Waals surface area (Å²) in [6.45, 7) is 4.08. The summed E-state index contributed by atoms with van der Waals surface area (Å²) in [6, 6.07) is 9.23. The summed E-state index contributed by atoms with van der Waals surface area (Å²) >= 11 is 5.44. The average Bonchev–Trinajstić information content (AvgIpc) is 3.34. The van der Waals surface area contributed by atoms with Crippen molar-refractivity contribution in [3.63, 3.8) is 0 Å². The molecule has 1 aromatic heterocycles. The van der Waals surface area contributed by atoms with Gasteiger partial charge in [0.1, 0.15) is 11.5 Å². The van der Waals surface area contributed by atoms with Gasteiger partial charge in [0.25, 0.3) is 0 Å². The Hall–Kier alpha value is -2.60. The van der Waals surface area contributed by atoms with E-state index in [9.17, 15) is 10.2 Å². The van der Waals surface area contributed by atoms with E-state index >= 15 is 0 Å². The molecule has 1 heterocycles. The van der Waals surface area contributed by atoms with Crippen LogP contribution in [0.3, 0.4) is 0 Å². The lowest BCUT2D eigenvalue weighted by Gasteiger charge is -2.14. The molecule has 0 aliphatic heterocycles. The summed E-state index contributed by atoms with van der Waals surface area (Å²) in [4.78, 5) is 0. The lowest BCUT2D eigenvalue weighted by Crippen LogP contribution is -2.02. The van der Waals surface area contributed by atoms with Crippen molar-refractivity contribution < 1.29 is 10.2 Å². The van der Waals surface area contributed by atoms with Crippen molar-refractivity contribution in [3.05, 3.63) is 51.8 Å². The van der Waals surface area contributed by atoms with E-state index in [4.69, 9.17) is 12.2 Å². The molecule has 0 spiro atoms. The molecule has 0 bridgehead atoms. The molecule has 25 heavy (non-hydrogen) atoms. The number of aromatic amines is 1. The Balaban J connectivity index is 1.96. The fourth-order valence-corrected chi connectivity index (χ4v) is 3.40. The van der Waals surface area contributed by atoms with Gasteiger partial charge in [0.2, 0.25) is 0 Å². The smallest absolute Gasteiger partial charge is 0.200 e. The normalized spacial score (nSPS) is 14.0. The highest BCUT2D eigenvalue weighted by atomic mass is 32.1. The predicted octanol–water partition coefficient (Wildman–Crippen LogP) is 4.50. The highest BCUT2D eigenvalue weighted by Gasteiger charge is 2.28. The number of aromatic nitrogens is 3. The number of hydrogen-bond acceptors (Lipinski definition) is 4. The second-order valence-corrected chi connectivity index (χ2v) is 7.00. The van der Waals surface area contributed by atoms with E-state index in [1.54, 1.807) is 0 Å². The topological polar surface area (TPSA) is 74.1 Å². The Morgan fingerprint density at radius 3 is 2.64 bits per heavy atom. The number of nitrogens with zero attached hydrogens (tertiary/aromatic N) is 2. The molecule has 5 nitrogen and oxygen atoms in total. The Kier molecular flexibility index (Phi) is 3.65. The number of phenolic OH excluding ortho intramolecular Hbond substituents is 2. The van der Waals surface area contributed by atoms with E-state index in [-0.39, 0.29) is 11.5 Å². The Labute approximate surface area is 150 Å². The zero-order chi connectivity index (χ0) is 17.7. The molecular weight excluding hydrogens is 334 g/mol. The average molecular weight is 353 g/mol. The van der Waals surface area contributed by atoms with Gasteiger partial charge < -0.3 is 10.2 Å². The van der Waals surface area contributed by atoms with Gasteiger partial charge >= 0.3 is 0 Å². The van der Waals surface area contributed by atoms with Crippen molar-refractivity contribution in [2.75, 3.05) is 0 Å². The number of hydrogen-bond donors (Lipinski definition) is 3. The van der Waals surface area contributed by atoms with Crippen LogP contribution in [0.4, 0.5) is 0 Å². The zero-order valence-corrected chi connectivity index (χ0v) is 14.9. The molecule has 0 radical (unpaired) electrons. The minimum Gasteiger partial charge on any atom is -0.508 e. The van der Waals surface area contributed by atoms with E-state index in [2.05, 4.69) is 10.2 Å². The first-order valence-corrected chi connectivity index (χ1v) is 8.68. The maximum absolute atomic E-state index is 10.4. The van der Waals surface area contributed by atoms with Crippen LogP contribution in [0.25, 0.3) is 17.1 Å². The molecule has 1 fully saturated rings. The largest absolute Gasteiger partial charge is 0.508 e. The SMILES string of the molecule is Cc1cccc(-n2c(-c3cc(C4CC4)c(O)cc3O)n[nH]c2=S)c1C. The molecule has 3 aromatic rings. The van der Waals surface area contributed by atoms with E-state index < -0.39 is 0 Å². The fraction of sp³-hybridized carbons (Fsp3) is 0.263.